The number of hydrogen-bond acceptors (Lipinski definition) is 2. The Morgan fingerprint density at radius 2 is 2.00 bits per heavy atom. The maximum Gasteiger partial charge on any atom is 0.251 e. The molecular formula is C20H23FN2O. The van der Waals surface area contributed by atoms with Crippen LogP contribution in [0.15, 0.2) is 54.6 Å². The second-order valence-electron chi connectivity index (χ2n) is 6.45. The van der Waals surface area contributed by atoms with E-state index in [-0.39, 0.29) is 11.7 Å². The minimum atomic E-state index is -0.380. The molecule has 0 bridgehead atoms. The predicted octanol–water partition coefficient (Wildman–Crippen LogP) is 3.47. The van der Waals surface area contributed by atoms with Crippen LogP contribution in [0.4, 0.5) is 4.39 Å². The molecule has 1 atom stereocenters. The second kappa shape index (κ2) is 8.06. The Bertz CT molecular complexity index is 674. The van der Waals surface area contributed by atoms with Crippen molar-refractivity contribution in [2.24, 2.45) is 5.92 Å². The minimum absolute atomic E-state index is 0.199. The first-order valence-electron chi connectivity index (χ1n) is 8.51. The Kier molecular flexibility index (Phi) is 5.59. The number of carbonyl (C=O) groups is 1. The summed E-state index contributed by atoms with van der Waals surface area (Å²) in [5.41, 5.74) is 1.70. The number of nitrogens with one attached hydrogen (secondary N) is 1. The number of amides is 1. The number of piperidine rings is 1. The summed E-state index contributed by atoms with van der Waals surface area (Å²) in [5, 5.41) is 2.95. The molecule has 126 valence electrons. The van der Waals surface area contributed by atoms with Gasteiger partial charge in [-0.3, -0.25) is 9.69 Å². The van der Waals surface area contributed by atoms with E-state index >= 15 is 0 Å². The van der Waals surface area contributed by atoms with Gasteiger partial charge in [0.25, 0.3) is 5.91 Å². The Morgan fingerprint density at radius 3 is 2.79 bits per heavy atom. The Hall–Kier alpha value is -2.20. The highest BCUT2D eigenvalue weighted by atomic mass is 19.1. The topological polar surface area (TPSA) is 32.3 Å². The minimum Gasteiger partial charge on any atom is -0.352 e. The largest absolute Gasteiger partial charge is 0.352 e. The molecule has 0 aromatic heterocycles. The summed E-state index contributed by atoms with van der Waals surface area (Å²) in [6.07, 6.45) is 2.27. The lowest BCUT2D eigenvalue weighted by molar-refractivity contribution is 0.0930. The lowest BCUT2D eigenvalue weighted by Gasteiger charge is -2.32. The fraction of sp³-hybridized carbons (Fsp3) is 0.350. The van der Waals surface area contributed by atoms with Crippen LogP contribution in [-0.4, -0.2) is 30.4 Å². The molecule has 24 heavy (non-hydrogen) atoms. The molecule has 2 aromatic carbocycles. The van der Waals surface area contributed by atoms with Gasteiger partial charge in [-0.25, -0.2) is 4.39 Å². The molecule has 1 heterocycles. The van der Waals surface area contributed by atoms with Gasteiger partial charge in [-0.15, -0.1) is 0 Å². The smallest absolute Gasteiger partial charge is 0.251 e. The van der Waals surface area contributed by atoms with Crippen molar-refractivity contribution in [3.05, 3.63) is 71.5 Å². The maximum absolute atomic E-state index is 13.2. The molecule has 1 aliphatic heterocycles. The summed E-state index contributed by atoms with van der Waals surface area (Å²) in [6.45, 7) is 3.68. The lowest BCUT2D eigenvalue weighted by Crippen LogP contribution is -2.40. The molecule has 0 aliphatic carbocycles. The van der Waals surface area contributed by atoms with Crippen LogP contribution in [0.25, 0.3) is 0 Å². The fourth-order valence-corrected chi connectivity index (χ4v) is 3.27. The van der Waals surface area contributed by atoms with E-state index in [1.54, 1.807) is 12.1 Å². The van der Waals surface area contributed by atoms with Gasteiger partial charge in [0.15, 0.2) is 0 Å². The number of hydrogen-bond donors (Lipinski definition) is 1. The summed E-state index contributed by atoms with van der Waals surface area (Å²) in [4.78, 5) is 14.6. The van der Waals surface area contributed by atoms with Crippen molar-refractivity contribution in [3.8, 4) is 0 Å². The molecule has 1 fully saturated rings. The molecule has 2 aromatic rings. The van der Waals surface area contributed by atoms with Gasteiger partial charge in [-0.05, 0) is 49.1 Å². The Morgan fingerprint density at radius 1 is 1.17 bits per heavy atom. The molecular weight excluding hydrogens is 303 g/mol. The molecule has 0 spiro atoms. The normalized spacial score (nSPS) is 18.3. The van der Waals surface area contributed by atoms with Crippen LogP contribution in [0.3, 0.4) is 0 Å². The van der Waals surface area contributed by atoms with Crippen LogP contribution in [0.5, 0.6) is 0 Å². The predicted molar refractivity (Wildman–Crippen MR) is 93.2 cm³/mol. The summed E-state index contributed by atoms with van der Waals surface area (Å²) in [5.74, 6) is -0.135. The SMILES string of the molecule is O=C(NC[C@H]1CCCN(Cc2ccccc2)C1)c1cccc(F)c1. The van der Waals surface area contributed by atoms with Crippen molar-refractivity contribution in [3.63, 3.8) is 0 Å². The highest BCUT2D eigenvalue weighted by molar-refractivity contribution is 5.94. The van der Waals surface area contributed by atoms with Crippen molar-refractivity contribution in [2.75, 3.05) is 19.6 Å². The van der Waals surface area contributed by atoms with Crippen molar-refractivity contribution in [1.82, 2.24) is 10.2 Å². The molecule has 0 radical (unpaired) electrons. The van der Waals surface area contributed by atoms with Crippen molar-refractivity contribution >= 4 is 5.91 Å². The summed E-state index contributed by atoms with van der Waals surface area (Å²) in [7, 11) is 0. The van der Waals surface area contributed by atoms with E-state index in [1.165, 1.54) is 17.7 Å². The van der Waals surface area contributed by atoms with Crippen LogP contribution in [-0.2, 0) is 6.54 Å². The third-order valence-electron chi connectivity index (χ3n) is 4.49. The van der Waals surface area contributed by atoms with Crippen LogP contribution in [0, 0.1) is 11.7 Å². The molecule has 1 aliphatic rings. The molecule has 3 nitrogen and oxygen atoms in total. The van der Waals surface area contributed by atoms with Crippen LogP contribution in [0.2, 0.25) is 0 Å². The van der Waals surface area contributed by atoms with Crippen molar-refractivity contribution in [1.29, 1.82) is 0 Å². The monoisotopic (exact) mass is 326 g/mol. The molecule has 3 rings (SSSR count). The third kappa shape index (κ3) is 4.65. The highest BCUT2D eigenvalue weighted by Gasteiger charge is 2.20. The van der Waals surface area contributed by atoms with E-state index in [0.29, 0.717) is 18.0 Å². The van der Waals surface area contributed by atoms with Crippen molar-refractivity contribution in [2.45, 2.75) is 19.4 Å². The summed E-state index contributed by atoms with van der Waals surface area (Å²) < 4.78 is 13.2. The number of likely N-dealkylation sites (tertiary alicyclic amines) is 1. The Labute approximate surface area is 142 Å². The van der Waals surface area contributed by atoms with E-state index in [0.717, 1.165) is 32.5 Å². The standard InChI is InChI=1S/C20H23FN2O/c21-19-10-4-9-18(12-19)20(24)22-13-17-8-5-11-23(15-17)14-16-6-2-1-3-7-16/h1-4,6-7,9-10,12,17H,5,8,11,13-15H2,(H,22,24)/t17-/m1/s1. The number of benzene rings is 2. The highest BCUT2D eigenvalue weighted by Crippen LogP contribution is 2.18. The average Bonchev–Trinajstić information content (AvgIpc) is 2.61. The van der Waals surface area contributed by atoms with Gasteiger partial charge in [0.2, 0.25) is 0 Å². The quantitative estimate of drug-likeness (QED) is 0.912. The molecule has 1 N–H and O–H groups in total. The number of rotatable bonds is 5. The fourth-order valence-electron chi connectivity index (χ4n) is 3.27. The zero-order valence-electron chi connectivity index (χ0n) is 13.7. The molecule has 1 amide bonds. The van der Waals surface area contributed by atoms with Gasteiger partial charge < -0.3 is 5.32 Å². The van der Waals surface area contributed by atoms with E-state index < -0.39 is 0 Å². The number of halogens is 1. The summed E-state index contributed by atoms with van der Waals surface area (Å²) >= 11 is 0. The third-order valence-corrected chi connectivity index (χ3v) is 4.49. The van der Waals surface area contributed by atoms with E-state index in [2.05, 4.69) is 34.5 Å². The average molecular weight is 326 g/mol. The first-order chi connectivity index (χ1) is 11.7. The van der Waals surface area contributed by atoms with Gasteiger partial charge in [-0.2, -0.15) is 0 Å². The van der Waals surface area contributed by atoms with Crippen molar-refractivity contribution < 1.29 is 9.18 Å². The zero-order valence-corrected chi connectivity index (χ0v) is 13.7. The van der Waals surface area contributed by atoms with Crippen LogP contribution >= 0.6 is 0 Å². The summed E-state index contributed by atoms with van der Waals surface area (Å²) in [6, 6.07) is 16.3. The molecule has 1 saturated heterocycles. The maximum atomic E-state index is 13.2. The van der Waals surface area contributed by atoms with Gasteiger partial charge in [-0.1, -0.05) is 36.4 Å². The van der Waals surface area contributed by atoms with Crippen LogP contribution in [0.1, 0.15) is 28.8 Å². The van der Waals surface area contributed by atoms with E-state index in [9.17, 15) is 9.18 Å². The second-order valence-corrected chi connectivity index (χ2v) is 6.45. The van der Waals surface area contributed by atoms with Gasteiger partial charge >= 0.3 is 0 Å². The zero-order chi connectivity index (χ0) is 16.8. The lowest BCUT2D eigenvalue weighted by atomic mass is 9.97. The van der Waals surface area contributed by atoms with Gasteiger partial charge in [0.05, 0.1) is 0 Å². The van der Waals surface area contributed by atoms with Gasteiger partial charge in [0, 0.05) is 25.2 Å². The molecule has 0 saturated carbocycles. The van der Waals surface area contributed by atoms with Crippen LogP contribution < -0.4 is 5.32 Å². The first kappa shape index (κ1) is 16.7. The molecule has 0 unspecified atom stereocenters. The van der Waals surface area contributed by atoms with E-state index in [1.807, 2.05) is 6.07 Å². The van der Waals surface area contributed by atoms with Gasteiger partial charge in [0.1, 0.15) is 5.82 Å². The number of carbonyl (C=O) groups excluding carboxylic acids is 1. The molecule has 4 heteroatoms. The van der Waals surface area contributed by atoms with E-state index in [4.69, 9.17) is 0 Å². The first-order valence-corrected chi connectivity index (χ1v) is 8.51. The number of nitrogens with zero attached hydrogens (tertiary/aromatic N) is 1. The Balaban J connectivity index is 1.49.